The van der Waals surface area contributed by atoms with Gasteiger partial charge in [-0.3, -0.25) is 14.4 Å². The van der Waals surface area contributed by atoms with Gasteiger partial charge in [-0.05, 0) is 88.2 Å². The van der Waals surface area contributed by atoms with Crippen LogP contribution in [-0.2, 0) is 4.79 Å². The average Bonchev–Trinajstić information content (AvgIpc) is 3.62. The summed E-state index contributed by atoms with van der Waals surface area (Å²) < 4.78 is 13.2. The number of carbonyl (C=O) groups excluding carboxylic acids is 3. The van der Waals surface area contributed by atoms with E-state index >= 15 is 0 Å². The number of H-pyrrole nitrogens is 1. The molecule has 0 spiro atoms. The summed E-state index contributed by atoms with van der Waals surface area (Å²) in [6.45, 7) is 9.14. The van der Waals surface area contributed by atoms with Crippen LogP contribution in [-0.4, -0.2) is 53.8 Å². The molecule has 8 nitrogen and oxygen atoms in total. The van der Waals surface area contributed by atoms with Gasteiger partial charge in [0.1, 0.15) is 5.82 Å². The first-order valence-electron chi connectivity index (χ1n) is 13.6. The Balaban J connectivity index is 1.30. The minimum Gasteiger partial charge on any atom is -0.358 e. The second-order valence-corrected chi connectivity index (χ2v) is 10.5. The summed E-state index contributed by atoms with van der Waals surface area (Å²) in [7, 11) is 0. The average molecular weight is 544 g/mol. The van der Waals surface area contributed by atoms with Gasteiger partial charge in [0.15, 0.2) is 0 Å². The maximum Gasteiger partial charge on any atom is 0.256 e. The van der Waals surface area contributed by atoms with E-state index in [1.165, 1.54) is 25.0 Å². The molecule has 3 aromatic rings. The number of halogens is 1. The summed E-state index contributed by atoms with van der Waals surface area (Å²) in [6, 6.07) is 10.7. The molecule has 0 saturated carbocycles. The van der Waals surface area contributed by atoms with E-state index in [-0.39, 0.29) is 29.6 Å². The Morgan fingerprint density at radius 2 is 1.80 bits per heavy atom. The van der Waals surface area contributed by atoms with Crippen LogP contribution in [0.4, 0.5) is 10.1 Å². The third kappa shape index (κ3) is 5.70. The number of hydrogen-bond acceptors (Lipinski definition) is 4. The lowest BCUT2D eigenvalue weighted by atomic mass is 10.0. The van der Waals surface area contributed by atoms with Gasteiger partial charge in [0.25, 0.3) is 17.7 Å². The van der Waals surface area contributed by atoms with E-state index in [0.717, 1.165) is 36.5 Å². The van der Waals surface area contributed by atoms with Gasteiger partial charge in [0, 0.05) is 41.3 Å². The van der Waals surface area contributed by atoms with Gasteiger partial charge >= 0.3 is 0 Å². The molecule has 2 aliphatic heterocycles. The SMILES string of the molecule is Cc1[nH]c(C=C2C(=O)Nc3cc(C(=O)N[C@H](C)c4ccc(F)cc4)ccc32)c(C)c1C(=O)NCCN1CCCC1. The highest BCUT2D eigenvalue weighted by atomic mass is 19.1. The van der Waals surface area contributed by atoms with Crippen LogP contribution in [0.3, 0.4) is 0 Å². The summed E-state index contributed by atoms with van der Waals surface area (Å²) >= 11 is 0. The van der Waals surface area contributed by atoms with E-state index in [2.05, 4.69) is 25.8 Å². The lowest BCUT2D eigenvalue weighted by Crippen LogP contribution is -2.33. The number of aromatic nitrogens is 1. The summed E-state index contributed by atoms with van der Waals surface area (Å²) in [5, 5.41) is 8.78. The molecule has 1 fully saturated rings. The van der Waals surface area contributed by atoms with Crippen molar-refractivity contribution in [2.75, 3.05) is 31.5 Å². The van der Waals surface area contributed by atoms with Gasteiger partial charge in [-0.25, -0.2) is 4.39 Å². The lowest BCUT2D eigenvalue weighted by Gasteiger charge is -2.15. The van der Waals surface area contributed by atoms with Crippen LogP contribution in [0, 0.1) is 19.7 Å². The van der Waals surface area contributed by atoms with Crippen LogP contribution in [0.25, 0.3) is 11.6 Å². The zero-order valence-electron chi connectivity index (χ0n) is 23.0. The fourth-order valence-electron chi connectivity index (χ4n) is 5.42. The summed E-state index contributed by atoms with van der Waals surface area (Å²) in [5.74, 6) is -1.05. The van der Waals surface area contributed by atoms with E-state index in [1.807, 2.05) is 20.8 Å². The van der Waals surface area contributed by atoms with Crippen molar-refractivity contribution in [2.45, 2.75) is 39.7 Å². The molecule has 2 aromatic carbocycles. The highest BCUT2D eigenvalue weighted by Gasteiger charge is 2.27. The van der Waals surface area contributed by atoms with Gasteiger partial charge in [-0.1, -0.05) is 18.2 Å². The molecular weight excluding hydrogens is 509 g/mol. The van der Waals surface area contributed by atoms with Crippen LogP contribution >= 0.6 is 0 Å². The number of fused-ring (bicyclic) bond motifs is 1. The maximum atomic E-state index is 13.2. The van der Waals surface area contributed by atoms with Crippen LogP contribution in [0.2, 0.25) is 0 Å². The van der Waals surface area contributed by atoms with Crippen LogP contribution in [0.5, 0.6) is 0 Å². The van der Waals surface area contributed by atoms with Crippen molar-refractivity contribution in [3.8, 4) is 0 Å². The minimum absolute atomic E-state index is 0.128. The molecule has 9 heteroatoms. The van der Waals surface area contributed by atoms with Crippen LogP contribution < -0.4 is 16.0 Å². The Morgan fingerprint density at radius 1 is 1.07 bits per heavy atom. The molecule has 0 bridgehead atoms. The maximum absolute atomic E-state index is 13.2. The molecular formula is C31H34FN5O3. The van der Waals surface area contributed by atoms with Gasteiger partial charge in [0.05, 0.1) is 17.2 Å². The lowest BCUT2D eigenvalue weighted by molar-refractivity contribution is -0.110. The Hall–Kier alpha value is -4.24. The molecule has 0 aliphatic carbocycles. The smallest absolute Gasteiger partial charge is 0.256 e. The number of benzene rings is 2. The standard InChI is InChI=1S/C31H34FN5O3/c1-18-26(34-20(3)28(18)31(40)33-12-15-37-13-4-5-14-37)17-25-24-11-8-22(16-27(24)36-30(25)39)29(38)35-19(2)21-6-9-23(32)10-7-21/h6-11,16-17,19,34H,4-5,12-15H2,1-3H3,(H,33,40)(H,35,38)(H,36,39)/t19-/m1/s1. The Bertz CT molecular complexity index is 1490. The molecule has 1 atom stereocenters. The molecule has 1 saturated heterocycles. The van der Waals surface area contributed by atoms with Crippen LogP contribution in [0.1, 0.15) is 74.6 Å². The number of aryl methyl sites for hydroxylation is 1. The first kappa shape index (κ1) is 27.3. The largest absolute Gasteiger partial charge is 0.358 e. The number of nitrogens with one attached hydrogen (secondary N) is 4. The first-order valence-corrected chi connectivity index (χ1v) is 13.6. The predicted molar refractivity (Wildman–Crippen MR) is 153 cm³/mol. The van der Waals surface area contributed by atoms with Gasteiger partial charge in [0.2, 0.25) is 0 Å². The summed E-state index contributed by atoms with van der Waals surface area (Å²) in [5.41, 5.74) is 5.64. The van der Waals surface area contributed by atoms with E-state index in [9.17, 15) is 18.8 Å². The highest BCUT2D eigenvalue weighted by molar-refractivity contribution is 6.35. The molecule has 3 heterocycles. The predicted octanol–water partition coefficient (Wildman–Crippen LogP) is 4.58. The van der Waals surface area contributed by atoms with Crippen molar-refractivity contribution >= 4 is 35.1 Å². The van der Waals surface area contributed by atoms with Gasteiger partial charge in [-0.2, -0.15) is 0 Å². The van der Waals surface area contributed by atoms with Crippen molar-refractivity contribution < 1.29 is 18.8 Å². The van der Waals surface area contributed by atoms with Gasteiger partial charge in [-0.15, -0.1) is 0 Å². The highest BCUT2D eigenvalue weighted by Crippen LogP contribution is 2.35. The number of anilines is 1. The second kappa shape index (κ2) is 11.5. The van der Waals surface area contributed by atoms with E-state index < -0.39 is 0 Å². The summed E-state index contributed by atoms with van der Waals surface area (Å²) in [4.78, 5) is 44.4. The van der Waals surface area contributed by atoms with E-state index in [0.29, 0.717) is 40.2 Å². The number of carbonyl (C=O) groups is 3. The number of rotatable bonds is 8. The number of hydrogen-bond donors (Lipinski definition) is 4. The Kier molecular flexibility index (Phi) is 7.84. The van der Waals surface area contributed by atoms with Crippen molar-refractivity contribution in [2.24, 2.45) is 0 Å². The van der Waals surface area contributed by atoms with E-state index in [1.54, 1.807) is 36.4 Å². The Labute approximate surface area is 233 Å². The fourth-order valence-corrected chi connectivity index (χ4v) is 5.42. The molecule has 1 aromatic heterocycles. The number of nitrogens with zero attached hydrogens (tertiary/aromatic N) is 1. The minimum atomic E-state index is -0.336. The molecule has 40 heavy (non-hydrogen) atoms. The number of aromatic amines is 1. The first-order chi connectivity index (χ1) is 19.2. The molecule has 0 radical (unpaired) electrons. The third-order valence-electron chi connectivity index (χ3n) is 7.69. The molecule has 0 unspecified atom stereocenters. The van der Waals surface area contributed by atoms with Gasteiger partial charge < -0.3 is 25.8 Å². The zero-order chi connectivity index (χ0) is 28.4. The van der Waals surface area contributed by atoms with Crippen molar-refractivity contribution in [1.29, 1.82) is 0 Å². The molecule has 5 rings (SSSR count). The number of amides is 3. The molecule has 4 N–H and O–H groups in total. The quantitative estimate of drug-likeness (QED) is 0.312. The number of likely N-dealkylation sites (tertiary alicyclic amines) is 1. The van der Waals surface area contributed by atoms with Crippen molar-refractivity contribution in [1.82, 2.24) is 20.5 Å². The Morgan fingerprint density at radius 3 is 2.52 bits per heavy atom. The second-order valence-electron chi connectivity index (χ2n) is 10.5. The van der Waals surface area contributed by atoms with Crippen molar-refractivity contribution in [3.05, 3.63) is 87.5 Å². The molecule has 3 amide bonds. The van der Waals surface area contributed by atoms with E-state index in [4.69, 9.17) is 0 Å². The normalized spacial score (nSPS) is 16.6. The third-order valence-corrected chi connectivity index (χ3v) is 7.69. The monoisotopic (exact) mass is 543 g/mol. The molecule has 2 aliphatic rings. The fraction of sp³-hybridized carbons (Fsp3) is 0.323. The molecule has 208 valence electrons. The summed E-state index contributed by atoms with van der Waals surface area (Å²) in [6.07, 6.45) is 4.18. The van der Waals surface area contributed by atoms with Crippen molar-refractivity contribution in [3.63, 3.8) is 0 Å². The van der Waals surface area contributed by atoms with Crippen LogP contribution in [0.15, 0.2) is 42.5 Å². The topological polar surface area (TPSA) is 106 Å². The zero-order valence-corrected chi connectivity index (χ0v) is 23.0.